The van der Waals surface area contributed by atoms with E-state index < -0.39 is 0 Å². The Kier molecular flexibility index (Phi) is 4.94. The first-order valence-corrected chi connectivity index (χ1v) is 6.40. The zero-order chi connectivity index (χ0) is 14.2. The van der Waals surface area contributed by atoms with E-state index in [2.05, 4.69) is 10.1 Å². The summed E-state index contributed by atoms with van der Waals surface area (Å²) in [5.74, 6) is 0.673. The van der Waals surface area contributed by atoms with E-state index in [1.807, 2.05) is 24.3 Å². The molecule has 1 aromatic heterocycles. The number of rotatable bonds is 6. The van der Waals surface area contributed by atoms with Gasteiger partial charge in [0.1, 0.15) is 5.75 Å². The van der Waals surface area contributed by atoms with Crippen LogP contribution in [-0.2, 0) is 6.42 Å². The van der Waals surface area contributed by atoms with Crippen molar-refractivity contribution >= 4 is 5.84 Å². The molecule has 5 nitrogen and oxygen atoms in total. The maximum atomic E-state index is 8.73. The number of oxime groups is 1. The van der Waals surface area contributed by atoms with Gasteiger partial charge in [-0.2, -0.15) is 0 Å². The van der Waals surface area contributed by atoms with Crippen molar-refractivity contribution in [3.8, 4) is 5.75 Å². The van der Waals surface area contributed by atoms with E-state index in [9.17, 15) is 0 Å². The van der Waals surface area contributed by atoms with Crippen LogP contribution in [0.15, 0.2) is 53.9 Å². The summed E-state index contributed by atoms with van der Waals surface area (Å²) in [6.07, 6.45) is 5.37. The molecular weight excluding hydrogens is 254 g/mol. The molecule has 3 N–H and O–H groups in total. The molecule has 0 unspecified atom stereocenters. The van der Waals surface area contributed by atoms with Crippen LogP contribution in [-0.4, -0.2) is 22.6 Å². The van der Waals surface area contributed by atoms with Crippen LogP contribution in [0.4, 0.5) is 0 Å². The van der Waals surface area contributed by atoms with Crippen molar-refractivity contribution in [3.63, 3.8) is 0 Å². The summed E-state index contributed by atoms with van der Waals surface area (Å²) in [6, 6.07) is 11.2. The van der Waals surface area contributed by atoms with Gasteiger partial charge in [-0.25, -0.2) is 0 Å². The van der Waals surface area contributed by atoms with Crippen molar-refractivity contribution in [2.45, 2.75) is 12.8 Å². The molecule has 2 aromatic rings. The lowest BCUT2D eigenvalue weighted by Crippen LogP contribution is -2.15. The van der Waals surface area contributed by atoms with Crippen LogP contribution in [0.2, 0.25) is 0 Å². The van der Waals surface area contributed by atoms with E-state index >= 15 is 0 Å². The van der Waals surface area contributed by atoms with Crippen molar-refractivity contribution < 1.29 is 9.94 Å². The highest BCUT2D eigenvalue weighted by Gasteiger charge is 2.07. The smallest absolute Gasteiger partial charge is 0.173 e. The van der Waals surface area contributed by atoms with E-state index in [0.29, 0.717) is 17.9 Å². The number of aryl methyl sites for hydroxylation is 1. The quantitative estimate of drug-likeness (QED) is 0.277. The maximum Gasteiger partial charge on any atom is 0.173 e. The number of amidine groups is 1. The minimum Gasteiger partial charge on any atom is -0.493 e. The molecule has 104 valence electrons. The van der Waals surface area contributed by atoms with Crippen molar-refractivity contribution in [3.05, 3.63) is 59.9 Å². The van der Waals surface area contributed by atoms with E-state index in [0.717, 1.165) is 12.8 Å². The number of nitrogens with two attached hydrogens (primary N) is 1. The molecule has 20 heavy (non-hydrogen) atoms. The molecule has 0 amide bonds. The van der Waals surface area contributed by atoms with Crippen molar-refractivity contribution in [1.82, 2.24) is 4.98 Å². The Morgan fingerprint density at radius 2 is 1.95 bits per heavy atom. The third-order valence-corrected chi connectivity index (χ3v) is 2.89. The number of para-hydroxylation sites is 1. The fourth-order valence-electron chi connectivity index (χ4n) is 1.87. The average Bonchev–Trinajstić information content (AvgIpc) is 2.52. The molecular formula is C15H17N3O2. The van der Waals surface area contributed by atoms with Crippen LogP contribution in [0.3, 0.4) is 0 Å². The molecule has 0 spiro atoms. The highest BCUT2D eigenvalue weighted by Crippen LogP contribution is 2.18. The van der Waals surface area contributed by atoms with E-state index in [1.54, 1.807) is 24.5 Å². The number of hydrogen-bond acceptors (Lipinski definition) is 4. The number of benzene rings is 1. The number of nitrogens with zero attached hydrogens (tertiary/aromatic N) is 2. The average molecular weight is 271 g/mol. The van der Waals surface area contributed by atoms with Crippen LogP contribution in [0, 0.1) is 0 Å². The molecule has 0 aliphatic carbocycles. The molecule has 2 rings (SSSR count). The van der Waals surface area contributed by atoms with Gasteiger partial charge in [-0.05, 0) is 42.7 Å². The largest absolute Gasteiger partial charge is 0.493 e. The Labute approximate surface area is 117 Å². The summed E-state index contributed by atoms with van der Waals surface area (Å²) in [4.78, 5) is 3.98. The first-order chi connectivity index (χ1) is 9.81. The van der Waals surface area contributed by atoms with Gasteiger partial charge >= 0.3 is 0 Å². The van der Waals surface area contributed by atoms with E-state index in [4.69, 9.17) is 15.7 Å². The molecule has 0 saturated heterocycles. The first-order valence-electron chi connectivity index (χ1n) is 6.40. The van der Waals surface area contributed by atoms with Gasteiger partial charge in [-0.3, -0.25) is 4.98 Å². The Hall–Kier alpha value is -2.56. The minimum atomic E-state index is 0.0507. The highest BCUT2D eigenvalue weighted by atomic mass is 16.5. The van der Waals surface area contributed by atoms with Gasteiger partial charge < -0.3 is 15.7 Å². The second-order valence-corrected chi connectivity index (χ2v) is 4.29. The van der Waals surface area contributed by atoms with Gasteiger partial charge in [0, 0.05) is 12.4 Å². The number of pyridine rings is 1. The molecule has 5 heteroatoms. The summed E-state index contributed by atoms with van der Waals surface area (Å²) in [7, 11) is 0. The van der Waals surface area contributed by atoms with Crippen molar-refractivity contribution in [1.29, 1.82) is 0 Å². The zero-order valence-corrected chi connectivity index (χ0v) is 11.1. The molecule has 0 bridgehead atoms. The maximum absolute atomic E-state index is 8.73. The topological polar surface area (TPSA) is 80.7 Å². The zero-order valence-electron chi connectivity index (χ0n) is 11.1. The fourth-order valence-corrected chi connectivity index (χ4v) is 1.87. The van der Waals surface area contributed by atoms with Gasteiger partial charge in [0.05, 0.1) is 12.2 Å². The van der Waals surface area contributed by atoms with Gasteiger partial charge in [-0.1, -0.05) is 17.3 Å². The van der Waals surface area contributed by atoms with Crippen LogP contribution in [0.1, 0.15) is 17.5 Å². The van der Waals surface area contributed by atoms with Crippen LogP contribution < -0.4 is 10.5 Å². The summed E-state index contributed by atoms with van der Waals surface area (Å²) in [5.41, 5.74) is 7.43. The third-order valence-electron chi connectivity index (χ3n) is 2.89. The summed E-state index contributed by atoms with van der Waals surface area (Å²) in [6.45, 7) is 0.568. The second-order valence-electron chi connectivity index (χ2n) is 4.29. The first kappa shape index (κ1) is 13.9. The number of ether oxygens (including phenoxy) is 1. The van der Waals surface area contributed by atoms with Gasteiger partial charge in [0.15, 0.2) is 5.84 Å². The second kappa shape index (κ2) is 7.13. The summed E-state index contributed by atoms with van der Waals surface area (Å²) < 4.78 is 5.69. The normalized spacial score (nSPS) is 11.3. The molecule has 0 atom stereocenters. The lowest BCUT2D eigenvalue weighted by atomic mass is 10.1. The summed E-state index contributed by atoms with van der Waals surface area (Å²) in [5, 5.41) is 11.7. The molecule has 0 aliphatic rings. The van der Waals surface area contributed by atoms with Gasteiger partial charge in [0.2, 0.25) is 0 Å². The molecule has 1 heterocycles. The van der Waals surface area contributed by atoms with Crippen LogP contribution in [0.5, 0.6) is 5.75 Å². The predicted octanol–water partition coefficient (Wildman–Crippen LogP) is 2.19. The standard InChI is InChI=1S/C15H17N3O2/c16-15(18-19)13-5-1-2-6-14(13)20-11-3-4-12-7-9-17-10-8-12/h1-2,5-10,19H,3-4,11H2,(H2,16,18). The molecule has 0 saturated carbocycles. The fraction of sp³-hybridized carbons (Fsp3) is 0.200. The van der Waals surface area contributed by atoms with E-state index in [-0.39, 0.29) is 5.84 Å². The summed E-state index contributed by atoms with van der Waals surface area (Å²) >= 11 is 0. The molecule has 0 aliphatic heterocycles. The van der Waals surface area contributed by atoms with Crippen molar-refractivity contribution in [2.24, 2.45) is 10.9 Å². The molecule has 1 aromatic carbocycles. The number of aromatic nitrogens is 1. The molecule has 0 radical (unpaired) electrons. The molecule has 0 fully saturated rings. The lowest BCUT2D eigenvalue weighted by molar-refractivity contribution is 0.307. The minimum absolute atomic E-state index is 0.0507. The van der Waals surface area contributed by atoms with E-state index in [1.165, 1.54) is 5.56 Å². The third kappa shape index (κ3) is 3.71. The predicted molar refractivity (Wildman–Crippen MR) is 77.0 cm³/mol. The Balaban J connectivity index is 1.88. The Morgan fingerprint density at radius 3 is 2.70 bits per heavy atom. The van der Waals surface area contributed by atoms with Crippen molar-refractivity contribution in [2.75, 3.05) is 6.61 Å². The van der Waals surface area contributed by atoms with Crippen LogP contribution in [0.25, 0.3) is 0 Å². The monoisotopic (exact) mass is 271 g/mol. The number of hydrogen-bond donors (Lipinski definition) is 2. The SMILES string of the molecule is N/C(=N\O)c1ccccc1OCCCc1ccncc1. The highest BCUT2D eigenvalue weighted by molar-refractivity contribution is 5.99. The van der Waals surface area contributed by atoms with Gasteiger partial charge in [0.25, 0.3) is 0 Å². The lowest BCUT2D eigenvalue weighted by Gasteiger charge is -2.10. The Bertz CT molecular complexity index is 570. The Morgan fingerprint density at radius 1 is 1.20 bits per heavy atom. The van der Waals surface area contributed by atoms with Crippen LogP contribution >= 0.6 is 0 Å². The van der Waals surface area contributed by atoms with Gasteiger partial charge in [-0.15, -0.1) is 0 Å².